The fraction of sp³-hybridized carbons (Fsp3) is 0.615. The smallest absolute Gasteiger partial charge is 0.146 e. The molecule has 1 aromatic carbocycles. The van der Waals surface area contributed by atoms with Gasteiger partial charge in [0, 0.05) is 10.8 Å². The number of halogens is 2. The molecule has 0 spiro atoms. The summed E-state index contributed by atoms with van der Waals surface area (Å²) < 4.78 is 17.8. The van der Waals surface area contributed by atoms with E-state index in [4.69, 9.17) is 9.47 Å². The van der Waals surface area contributed by atoms with Gasteiger partial charge < -0.3 is 9.47 Å². The molecule has 0 N–H and O–H groups in total. The number of fused-ring (bicyclic) bond motifs is 2. The molecule has 6 heteroatoms. The van der Waals surface area contributed by atoms with Crippen LogP contribution in [0.3, 0.4) is 0 Å². The summed E-state index contributed by atoms with van der Waals surface area (Å²) in [5.74, 6) is 3.25. The Hall–Kier alpha value is -0.300. The van der Waals surface area contributed by atoms with Gasteiger partial charge in [0.1, 0.15) is 11.5 Å². The molecule has 178 valence electrons. The molecule has 0 aliphatic heterocycles. The van der Waals surface area contributed by atoms with Crippen LogP contribution in [0.4, 0.5) is 0 Å². The Kier molecular flexibility index (Phi) is 10.7. The number of unbranched alkanes of at least 4 members (excludes halogenated alkanes) is 2. The lowest BCUT2D eigenvalue weighted by molar-refractivity contribution is 0.235. The van der Waals surface area contributed by atoms with E-state index in [9.17, 15) is 0 Å². The maximum atomic E-state index is 6.58. The summed E-state index contributed by atoms with van der Waals surface area (Å²) in [5, 5.41) is 2.34. The minimum absolute atomic E-state index is 0.602. The van der Waals surface area contributed by atoms with Gasteiger partial charge in [-0.1, -0.05) is 66.2 Å². The Balaban J connectivity index is 1.96. The second-order valence-corrected chi connectivity index (χ2v) is 13.6. The largest absolute Gasteiger partial charge is 0.491 e. The van der Waals surface area contributed by atoms with E-state index in [1.165, 1.54) is 58.7 Å². The molecule has 0 saturated heterocycles. The van der Waals surface area contributed by atoms with Gasteiger partial charge in [-0.15, -0.1) is 22.7 Å². The Morgan fingerprint density at radius 1 is 0.719 bits per heavy atom. The summed E-state index contributed by atoms with van der Waals surface area (Å²) in [4.78, 5) is 0. The number of rotatable bonds is 14. The molecular weight excluding hydrogens is 568 g/mol. The maximum Gasteiger partial charge on any atom is 0.146 e. The fourth-order valence-electron chi connectivity index (χ4n) is 4.13. The topological polar surface area (TPSA) is 18.5 Å². The Morgan fingerprint density at radius 2 is 1.12 bits per heavy atom. The van der Waals surface area contributed by atoms with Crippen molar-refractivity contribution < 1.29 is 9.47 Å². The van der Waals surface area contributed by atoms with Crippen molar-refractivity contribution in [2.24, 2.45) is 11.8 Å². The molecule has 2 heterocycles. The number of benzene rings is 1. The van der Waals surface area contributed by atoms with Crippen LogP contribution < -0.4 is 9.47 Å². The molecule has 0 radical (unpaired) electrons. The van der Waals surface area contributed by atoms with Gasteiger partial charge in [0.25, 0.3) is 0 Å². The summed E-state index contributed by atoms with van der Waals surface area (Å²) in [5.41, 5.74) is 0. The predicted molar refractivity (Wildman–Crippen MR) is 150 cm³/mol. The minimum Gasteiger partial charge on any atom is -0.491 e. The second-order valence-electron chi connectivity index (χ2n) is 8.70. The fourth-order valence-corrected chi connectivity index (χ4v) is 7.35. The zero-order valence-electron chi connectivity index (χ0n) is 19.8. The van der Waals surface area contributed by atoms with Crippen molar-refractivity contribution in [1.82, 2.24) is 0 Å². The number of ether oxygens (including phenoxy) is 2. The van der Waals surface area contributed by atoms with E-state index in [-0.39, 0.29) is 0 Å². The van der Waals surface area contributed by atoms with Crippen LogP contribution >= 0.6 is 54.5 Å². The molecule has 2 aromatic heterocycles. The van der Waals surface area contributed by atoms with E-state index in [1.807, 2.05) is 0 Å². The van der Waals surface area contributed by atoms with Crippen LogP contribution in [0, 0.1) is 11.8 Å². The van der Waals surface area contributed by atoms with E-state index in [1.54, 1.807) is 22.7 Å². The molecule has 0 unspecified atom stereocenters. The molecule has 2 atom stereocenters. The molecule has 2 nitrogen and oxygen atoms in total. The van der Waals surface area contributed by atoms with E-state index in [0.29, 0.717) is 11.8 Å². The number of hydrogen-bond acceptors (Lipinski definition) is 4. The summed E-state index contributed by atoms with van der Waals surface area (Å²) in [6.07, 6.45) is 9.80. The lowest BCUT2D eigenvalue weighted by atomic mass is 10.0. The molecule has 32 heavy (non-hydrogen) atoms. The summed E-state index contributed by atoms with van der Waals surface area (Å²) in [7, 11) is 0. The average Bonchev–Trinajstić information content (AvgIpc) is 3.36. The van der Waals surface area contributed by atoms with Gasteiger partial charge in [0.2, 0.25) is 0 Å². The van der Waals surface area contributed by atoms with Crippen molar-refractivity contribution in [2.75, 3.05) is 13.2 Å². The van der Waals surface area contributed by atoms with Crippen LogP contribution in [0.1, 0.15) is 79.1 Å². The second kappa shape index (κ2) is 13.0. The van der Waals surface area contributed by atoms with E-state index >= 15 is 0 Å². The highest BCUT2D eigenvalue weighted by Gasteiger charge is 2.22. The average molecular weight is 605 g/mol. The quantitative estimate of drug-likeness (QED) is 0.182. The van der Waals surface area contributed by atoms with Crippen molar-refractivity contribution in [3.05, 3.63) is 19.7 Å². The summed E-state index contributed by atoms with van der Waals surface area (Å²) in [6.45, 7) is 10.6. The van der Waals surface area contributed by atoms with Gasteiger partial charge in [0.15, 0.2) is 0 Å². The molecule has 0 fully saturated rings. The van der Waals surface area contributed by atoms with Gasteiger partial charge in [-0.25, -0.2) is 0 Å². The highest BCUT2D eigenvalue weighted by molar-refractivity contribution is 9.11. The molecule has 0 aliphatic carbocycles. The summed E-state index contributed by atoms with van der Waals surface area (Å²) >= 11 is 10.9. The van der Waals surface area contributed by atoms with Crippen LogP contribution in [0.15, 0.2) is 19.7 Å². The van der Waals surface area contributed by atoms with Crippen molar-refractivity contribution in [3.63, 3.8) is 0 Å². The van der Waals surface area contributed by atoms with E-state index < -0.39 is 0 Å². The standard InChI is InChI=1S/C26H36Br2O2S2/c1-5-9-11-17(7-3)15-29-23-19-13-21(27)32-26(19)24(20-14-22(28)31-25(20)23)30-16-18(8-4)12-10-6-2/h13-14,17-18H,5-12,15-16H2,1-4H3/t17-,18-/m0/s1. The lowest BCUT2D eigenvalue weighted by Gasteiger charge is -2.19. The SMILES string of the molecule is CCCC[C@H](CC)COc1c2cc(Br)sc2c(OC[C@@H](CC)CCCC)c2cc(Br)sc12. The first-order valence-corrected chi connectivity index (χ1v) is 15.3. The van der Waals surface area contributed by atoms with Crippen molar-refractivity contribution >= 4 is 74.7 Å². The molecule has 0 saturated carbocycles. The Bertz CT molecular complexity index is 862. The summed E-state index contributed by atoms with van der Waals surface area (Å²) in [6, 6.07) is 4.41. The van der Waals surface area contributed by atoms with Gasteiger partial charge in [-0.2, -0.15) is 0 Å². The van der Waals surface area contributed by atoms with Gasteiger partial charge in [-0.05, 0) is 68.7 Å². The van der Waals surface area contributed by atoms with Crippen LogP contribution in [0.5, 0.6) is 11.5 Å². The molecule has 0 bridgehead atoms. The molecule has 3 aromatic rings. The van der Waals surface area contributed by atoms with Gasteiger partial charge in [-0.3, -0.25) is 0 Å². The first-order valence-electron chi connectivity index (χ1n) is 12.1. The van der Waals surface area contributed by atoms with Crippen LogP contribution in [0.25, 0.3) is 20.2 Å². The van der Waals surface area contributed by atoms with Crippen LogP contribution in [-0.2, 0) is 0 Å². The maximum absolute atomic E-state index is 6.58. The van der Waals surface area contributed by atoms with Crippen molar-refractivity contribution in [2.45, 2.75) is 79.1 Å². The number of thiophene rings is 2. The van der Waals surface area contributed by atoms with Crippen molar-refractivity contribution in [1.29, 1.82) is 0 Å². The zero-order chi connectivity index (χ0) is 23.1. The lowest BCUT2D eigenvalue weighted by Crippen LogP contribution is -2.12. The number of hydrogen-bond donors (Lipinski definition) is 0. The third-order valence-corrected chi connectivity index (χ3v) is 9.59. The van der Waals surface area contributed by atoms with E-state index in [0.717, 1.165) is 45.1 Å². The third-order valence-electron chi connectivity index (χ3n) is 6.32. The zero-order valence-corrected chi connectivity index (χ0v) is 24.6. The highest BCUT2D eigenvalue weighted by atomic mass is 79.9. The van der Waals surface area contributed by atoms with Crippen LogP contribution in [-0.4, -0.2) is 13.2 Å². The minimum atomic E-state index is 0.602. The first-order chi connectivity index (χ1) is 15.5. The molecule has 0 amide bonds. The monoisotopic (exact) mass is 602 g/mol. The normalized spacial score (nSPS) is 13.7. The molecule has 0 aliphatic rings. The predicted octanol–water partition coefficient (Wildman–Crippen LogP) is 10.8. The molecular formula is C26H36Br2O2S2. The third kappa shape index (κ3) is 6.43. The molecule has 3 rings (SSSR count). The van der Waals surface area contributed by atoms with Gasteiger partial charge >= 0.3 is 0 Å². The Morgan fingerprint density at radius 3 is 1.47 bits per heavy atom. The first kappa shape index (κ1) is 26.3. The van der Waals surface area contributed by atoms with Gasteiger partial charge in [0.05, 0.1) is 30.2 Å². The van der Waals surface area contributed by atoms with Crippen molar-refractivity contribution in [3.8, 4) is 11.5 Å². The van der Waals surface area contributed by atoms with E-state index in [2.05, 4.69) is 71.7 Å². The Labute approximate surface area is 218 Å². The van der Waals surface area contributed by atoms with Crippen LogP contribution in [0.2, 0.25) is 0 Å². The highest BCUT2D eigenvalue weighted by Crippen LogP contribution is 2.51.